The first-order valence-corrected chi connectivity index (χ1v) is 6.45. The molecule has 2 N–H and O–H groups in total. The lowest BCUT2D eigenvalue weighted by Crippen LogP contribution is -2.31. The summed E-state index contributed by atoms with van der Waals surface area (Å²) >= 11 is 0. The number of aliphatic hydroxyl groups is 1. The maximum Gasteiger partial charge on any atom is 0.0443 e. The van der Waals surface area contributed by atoms with Crippen LogP contribution >= 0.6 is 0 Å². The molecule has 1 aromatic rings. The summed E-state index contributed by atoms with van der Waals surface area (Å²) in [6.07, 6.45) is 0.844. The molecule has 0 aliphatic heterocycles. The SMILES string of the molecule is CNc1ccc(N(C)CCN(C)CCCO)cc1. The average Bonchev–Trinajstić information content (AvgIpc) is 2.42. The molecular weight excluding hydrogens is 226 g/mol. The lowest BCUT2D eigenvalue weighted by Gasteiger charge is -2.23. The van der Waals surface area contributed by atoms with Gasteiger partial charge in [-0.1, -0.05) is 0 Å². The van der Waals surface area contributed by atoms with Crippen LogP contribution in [-0.2, 0) is 0 Å². The Balaban J connectivity index is 2.37. The maximum atomic E-state index is 8.78. The van der Waals surface area contributed by atoms with Crippen molar-refractivity contribution in [3.8, 4) is 0 Å². The molecular formula is C14H25N3O. The smallest absolute Gasteiger partial charge is 0.0443 e. The lowest BCUT2D eigenvalue weighted by molar-refractivity contribution is 0.249. The van der Waals surface area contributed by atoms with E-state index in [0.717, 1.165) is 31.7 Å². The molecule has 1 rings (SSSR count). The van der Waals surface area contributed by atoms with E-state index in [0.29, 0.717) is 0 Å². The fourth-order valence-corrected chi connectivity index (χ4v) is 1.78. The van der Waals surface area contributed by atoms with Crippen LogP contribution in [0, 0.1) is 0 Å². The number of benzene rings is 1. The van der Waals surface area contributed by atoms with Crippen molar-refractivity contribution in [2.75, 3.05) is 57.6 Å². The van der Waals surface area contributed by atoms with E-state index in [1.54, 1.807) is 0 Å². The number of hydrogen-bond donors (Lipinski definition) is 2. The fraction of sp³-hybridized carbons (Fsp3) is 0.571. The van der Waals surface area contributed by atoms with Crippen LogP contribution in [0.5, 0.6) is 0 Å². The molecule has 0 aliphatic carbocycles. The zero-order valence-corrected chi connectivity index (χ0v) is 11.7. The lowest BCUT2D eigenvalue weighted by atomic mass is 10.2. The summed E-state index contributed by atoms with van der Waals surface area (Å²) < 4.78 is 0. The van der Waals surface area contributed by atoms with Gasteiger partial charge in [0.15, 0.2) is 0 Å². The standard InChI is InChI=1S/C14H25N3O/c1-15-13-5-7-14(8-6-13)17(3)11-10-16(2)9-4-12-18/h5-8,15,18H,4,9-12H2,1-3H3. The average molecular weight is 251 g/mol. The van der Waals surface area contributed by atoms with Crippen molar-refractivity contribution in [3.05, 3.63) is 24.3 Å². The Morgan fingerprint density at radius 2 is 1.72 bits per heavy atom. The van der Waals surface area contributed by atoms with E-state index in [1.807, 2.05) is 7.05 Å². The molecule has 0 atom stereocenters. The Hall–Kier alpha value is -1.26. The molecule has 0 aromatic heterocycles. The Labute approximate surface area is 110 Å². The van der Waals surface area contributed by atoms with E-state index < -0.39 is 0 Å². The first-order valence-electron chi connectivity index (χ1n) is 6.45. The van der Waals surface area contributed by atoms with Gasteiger partial charge < -0.3 is 20.2 Å². The zero-order chi connectivity index (χ0) is 13.4. The van der Waals surface area contributed by atoms with Crippen molar-refractivity contribution < 1.29 is 5.11 Å². The van der Waals surface area contributed by atoms with Crippen molar-refractivity contribution >= 4 is 11.4 Å². The summed E-state index contributed by atoms with van der Waals surface area (Å²) in [6.45, 7) is 3.21. The normalized spacial score (nSPS) is 10.7. The highest BCUT2D eigenvalue weighted by molar-refractivity contribution is 5.54. The quantitative estimate of drug-likeness (QED) is 0.734. The van der Waals surface area contributed by atoms with E-state index in [1.165, 1.54) is 5.69 Å². The number of rotatable bonds is 8. The molecule has 0 fully saturated rings. The van der Waals surface area contributed by atoms with Gasteiger partial charge in [0.25, 0.3) is 0 Å². The Bertz CT molecular complexity index is 326. The molecule has 0 spiro atoms. The van der Waals surface area contributed by atoms with E-state index in [4.69, 9.17) is 5.11 Å². The van der Waals surface area contributed by atoms with E-state index in [9.17, 15) is 0 Å². The van der Waals surface area contributed by atoms with Crippen LogP contribution in [0.3, 0.4) is 0 Å². The first-order chi connectivity index (χ1) is 8.67. The van der Waals surface area contributed by atoms with Crippen LogP contribution in [0.2, 0.25) is 0 Å². The highest BCUT2D eigenvalue weighted by Crippen LogP contribution is 2.16. The van der Waals surface area contributed by atoms with Gasteiger partial charge in [-0.15, -0.1) is 0 Å². The zero-order valence-electron chi connectivity index (χ0n) is 11.7. The van der Waals surface area contributed by atoms with Crippen molar-refractivity contribution in [3.63, 3.8) is 0 Å². The third kappa shape index (κ3) is 4.94. The molecule has 102 valence electrons. The van der Waals surface area contributed by atoms with Gasteiger partial charge in [0.2, 0.25) is 0 Å². The second-order valence-corrected chi connectivity index (χ2v) is 4.60. The third-order valence-electron chi connectivity index (χ3n) is 3.11. The third-order valence-corrected chi connectivity index (χ3v) is 3.11. The Kier molecular flexibility index (Phi) is 6.54. The summed E-state index contributed by atoms with van der Waals surface area (Å²) in [5.41, 5.74) is 2.36. The summed E-state index contributed by atoms with van der Waals surface area (Å²) in [7, 11) is 6.12. The molecule has 0 saturated carbocycles. The molecule has 0 amide bonds. The number of nitrogens with one attached hydrogen (secondary N) is 1. The van der Waals surface area contributed by atoms with Crippen molar-refractivity contribution in [2.45, 2.75) is 6.42 Å². The summed E-state index contributed by atoms with van der Waals surface area (Å²) in [5, 5.41) is 11.9. The number of likely N-dealkylation sites (N-methyl/N-ethyl adjacent to an activating group) is 2. The maximum absolute atomic E-state index is 8.78. The molecule has 4 heteroatoms. The van der Waals surface area contributed by atoms with Gasteiger partial charge in [-0.2, -0.15) is 0 Å². The first kappa shape index (κ1) is 14.8. The van der Waals surface area contributed by atoms with E-state index in [2.05, 4.69) is 53.5 Å². The second kappa shape index (κ2) is 7.95. The van der Waals surface area contributed by atoms with Crippen LogP contribution in [0.1, 0.15) is 6.42 Å². The van der Waals surface area contributed by atoms with Crippen LogP contribution in [0.4, 0.5) is 11.4 Å². The predicted molar refractivity (Wildman–Crippen MR) is 78.5 cm³/mol. The van der Waals surface area contributed by atoms with Crippen molar-refractivity contribution in [1.82, 2.24) is 4.90 Å². The predicted octanol–water partition coefficient (Wildman–Crippen LogP) is 1.48. The van der Waals surface area contributed by atoms with Crippen LogP contribution in [0.25, 0.3) is 0 Å². The molecule has 0 unspecified atom stereocenters. The molecule has 0 bridgehead atoms. The van der Waals surface area contributed by atoms with Crippen molar-refractivity contribution in [1.29, 1.82) is 0 Å². The highest BCUT2D eigenvalue weighted by atomic mass is 16.3. The Morgan fingerprint density at radius 3 is 2.28 bits per heavy atom. The molecule has 18 heavy (non-hydrogen) atoms. The monoisotopic (exact) mass is 251 g/mol. The summed E-state index contributed by atoms with van der Waals surface area (Å²) in [4.78, 5) is 4.49. The van der Waals surface area contributed by atoms with Gasteiger partial charge in [0.1, 0.15) is 0 Å². The van der Waals surface area contributed by atoms with Gasteiger partial charge in [-0.3, -0.25) is 0 Å². The summed E-state index contributed by atoms with van der Waals surface area (Å²) in [5.74, 6) is 0. The van der Waals surface area contributed by atoms with Gasteiger partial charge in [0.05, 0.1) is 0 Å². The van der Waals surface area contributed by atoms with Gasteiger partial charge in [0, 0.05) is 51.7 Å². The highest BCUT2D eigenvalue weighted by Gasteiger charge is 2.03. The topological polar surface area (TPSA) is 38.7 Å². The van der Waals surface area contributed by atoms with Crippen molar-refractivity contribution in [2.24, 2.45) is 0 Å². The number of nitrogens with zero attached hydrogens (tertiary/aromatic N) is 2. The summed E-state index contributed by atoms with van der Waals surface area (Å²) in [6, 6.07) is 8.42. The van der Waals surface area contributed by atoms with Crippen LogP contribution in [0.15, 0.2) is 24.3 Å². The molecule has 0 aliphatic rings. The van der Waals surface area contributed by atoms with Gasteiger partial charge in [-0.05, 0) is 37.7 Å². The Morgan fingerprint density at radius 1 is 1.06 bits per heavy atom. The minimum absolute atomic E-state index is 0.270. The van der Waals surface area contributed by atoms with Crippen LogP contribution in [-0.4, -0.2) is 57.4 Å². The van der Waals surface area contributed by atoms with Crippen LogP contribution < -0.4 is 10.2 Å². The molecule has 4 nitrogen and oxygen atoms in total. The number of hydrogen-bond acceptors (Lipinski definition) is 4. The van der Waals surface area contributed by atoms with Gasteiger partial charge >= 0.3 is 0 Å². The molecule has 0 radical (unpaired) electrons. The largest absolute Gasteiger partial charge is 0.396 e. The number of anilines is 2. The fourth-order valence-electron chi connectivity index (χ4n) is 1.78. The molecule has 1 aromatic carbocycles. The number of aliphatic hydroxyl groups excluding tert-OH is 1. The van der Waals surface area contributed by atoms with E-state index >= 15 is 0 Å². The minimum Gasteiger partial charge on any atom is -0.396 e. The van der Waals surface area contributed by atoms with E-state index in [-0.39, 0.29) is 6.61 Å². The minimum atomic E-state index is 0.270. The molecule has 0 heterocycles. The molecule has 0 saturated heterocycles. The second-order valence-electron chi connectivity index (χ2n) is 4.60. The van der Waals surface area contributed by atoms with Gasteiger partial charge in [-0.25, -0.2) is 0 Å².